The van der Waals surface area contributed by atoms with Gasteiger partial charge in [0, 0.05) is 23.1 Å². The van der Waals surface area contributed by atoms with Crippen LogP contribution in [0.2, 0.25) is 10.0 Å². The molecule has 0 aromatic heterocycles. The first-order valence-electron chi connectivity index (χ1n) is 9.88. The standard InChI is InChI=1S/C23H28Cl2N2O2/c1-4-5-11-26-23(29)17(3)27(15-18-8-6-7-16(2)12-18)22(28)13-19-9-10-20(24)14-21(19)25/h6-10,12,14,17H,4-5,11,13,15H2,1-3H3,(H,26,29)/t17-/m0/s1. The molecule has 6 heteroatoms. The van der Waals surface area contributed by atoms with Crippen LogP contribution in [0.1, 0.15) is 43.4 Å². The van der Waals surface area contributed by atoms with E-state index < -0.39 is 6.04 Å². The number of nitrogens with one attached hydrogen (secondary N) is 1. The van der Waals surface area contributed by atoms with Crippen LogP contribution in [-0.2, 0) is 22.6 Å². The molecular weight excluding hydrogens is 407 g/mol. The van der Waals surface area contributed by atoms with Crippen LogP contribution in [0.4, 0.5) is 0 Å². The molecule has 2 rings (SSSR count). The molecule has 1 atom stereocenters. The summed E-state index contributed by atoms with van der Waals surface area (Å²) in [5, 5.41) is 3.89. The van der Waals surface area contributed by atoms with Crippen LogP contribution in [0.3, 0.4) is 0 Å². The van der Waals surface area contributed by atoms with Gasteiger partial charge in [0.25, 0.3) is 0 Å². The fourth-order valence-corrected chi connectivity index (χ4v) is 3.53. The van der Waals surface area contributed by atoms with Gasteiger partial charge in [0.1, 0.15) is 6.04 Å². The number of rotatable bonds is 9. The molecule has 1 N–H and O–H groups in total. The van der Waals surface area contributed by atoms with Crippen LogP contribution in [0.15, 0.2) is 42.5 Å². The smallest absolute Gasteiger partial charge is 0.242 e. The van der Waals surface area contributed by atoms with E-state index in [2.05, 4.69) is 12.2 Å². The van der Waals surface area contributed by atoms with Gasteiger partial charge < -0.3 is 10.2 Å². The summed E-state index contributed by atoms with van der Waals surface area (Å²) >= 11 is 12.2. The van der Waals surface area contributed by atoms with Gasteiger partial charge in [-0.05, 0) is 43.5 Å². The van der Waals surface area contributed by atoms with E-state index in [1.54, 1.807) is 30.0 Å². The fraction of sp³-hybridized carbons (Fsp3) is 0.391. The van der Waals surface area contributed by atoms with Crippen molar-refractivity contribution in [2.75, 3.05) is 6.54 Å². The molecule has 0 radical (unpaired) electrons. The highest BCUT2D eigenvalue weighted by molar-refractivity contribution is 6.35. The maximum Gasteiger partial charge on any atom is 0.242 e. The molecule has 4 nitrogen and oxygen atoms in total. The zero-order valence-corrected chi connectivity index (χ0v) is 18.7. The molecule has 0 aliphatic rings. The third-order valence-electron chi connectivity index (χ3n) is 4.79. The molecule has 0 aliphatic heterocycles. The van der Waals surface area contributed by atoms with E-state index in [4.69, 9.17) is 23.2 Å². The lowest BCUT2D eigenvalue weighted by Crippen LogP contribution is -2.48. The van der Waals surface area contributed by atoms with Crippen molar-refractivity contribution in [3.63, 3.8) is 0 Å². The van der Waals surface area contributed by atoms with E-state index >= 15 is 0 Å². The highest BCUT2D eigenvalue weighted by Crippen LogP contribution is 2.23. The average molecular weight is 435 g/mol. The Labute approximate surface area is 183 Å². The van der Waals surface area contributed by atoms with E-state index in [1.165, 1.54) is 0 Å². The molecule has 0 saturated heterocycles. The zero-order chi connectivity index (χ0) is 21.4. The minimum atomic E-state index is -0.592. The van der Waals surface area contributed by atoms with Crippen molar-refractivity contribution in [2.45, 2.75) is 52.6 Å². The summed E-state index contributed by atoms with van der Waals surface area (Å²) < 4.78 is 0. The predicted octanol–water partition coefficient (Wildman–Crippen LogP) is 5.18. The molecule has 0 heterocycles. The summed E-state index contributed by atoms with van der Waals surface area (Å²) in [4.78, 5) is 27.4. The van der Waals surface area contributed by atoms with E-state index in [-0.39, 0.29) is 18.2 Å². The number of hydrogen-bond donors (Lipinski definition) is 1. The first-order valence-corrected chi connectivity index (χ1v) is 10.6. The second-order valence-electron chi connectivity index (χ2n) is 7.24. The first kappa shape index (κ1) is 23.2. The van der Waals surface area contributed by atoms with Crippen LogP contribution in [0, 0.1) is 6.92 Å². The van der Waals surface area contributed by atoms with Crippen molar-refractivity contribution in [2.24, 2.45) is 0 Å². The topological polar surface area (TPSA) is 49.4 Å². The normalized spacial score (nSPS) is 11.8. The molecule has 0 spiro atoms. The van der Waals surface area contributed by atoms with Crippen LogP contribution in [-0.4, -0.2) is 29.3 Å². The van der Waals surface area contributed by atoms with Crippen molar-refractivity contribution in [1.82, 2.24) is 10.2 Å². The Morgan fingerprint density at radius 1 is 1.14 bits per heavy atom. The third-order valence-corrected chi connectivity index (χ3v) is 5.38. The number of nitrogens with zero attached hydrogens (tertiary/aromatic N) is 1. The summed E-state index contributed by atoms with van der Waals surface area (Å²) in [5.41, 5.74) is 2.78. The maximum absolute atomic E-state index is 13.2. The van der Waals surface area contributed by atoms with Gasteiger partial charge in [-0.15, -0.1) is 0 Å². The fourth-order valence-electron chi connectivity index (χ4n) is 3.06. The number of carbonyl (C=O) groups is 2. The molecule has 2 aromatic carbocycles. The van der Waals surface area contributed by atoms with Crippen molar-refractivity contribution in [3.8, 4) is 0 Å². The van der Waals surface area contributed by atoms with Gasteiger partial charge in [0.2, 0.25) is 11.8 Å². The predicted molar refractivity (Wildman–Crippen MR) is 119 cm³/mol. The quantitative estimate of drug-likeness (QED) is 0.552. The van der Waals surface area contributed by atoms with Gasteiger partial charge in [-0.3, -0.25) is 9.59 Å². The molecule has 0 bridgehead atoms. The van der Waals surface area contributed by atoms with Crippen molar-refractivity contribution in [3.05, 3.63) is 69.2 Å². The Kier molecular flexibility index (Phi) is 8.99. The Morgan fingerprint density at radius 2 is 1.90 bits per heavy atom. The van der Waals surface area contributed by atoms with E-state index in [1.807, 2.05) is 31.2 Å². The van der Waals surface area contributed by atoms with Gasteiger partial charge in [-0.1, -0.05) is 72.4 Å². The second kappa shape index (κ2) is 11.2. The van der Waals surface area contributed by atoms with Crippen LogP contribution in [0.25, 0.3) is 0 Å². The number of benzene rings is 2. The SMILES string of the molecule is CCCCNC(=O)[C@H](C)N(Cc1cccc(C)c1)C(=O)Cc1ccc(Cl)cc1Cl. The molecule has 0 fully saturated rings. The molecule has 2 amide bonds. The highest BCUT2D eigenvalue weighted by Gasteiger charge is 2.26. The van der Waals surface area contributed by atoms with Gasteiger partial charge in [-0.25, -0.2) is 0 Å². The van der Waals surface area contributed by atoms with E-state index in [0.717, 1.165) is 24.0 Å². The lowest BCUT2D eigenvalue weighted by atomic mass is 10.1. The Morgan fingerprint density at radius 3 is 2.55 bits per heavy atom. The highest BCUT2D eigenvalue weighted by atomic mass is 35.5. The third kappa shape index (κ3) is 7.06. The summed E-state index contributed by atoms with van der Waals surface area (Å²) in [6, 6.07) is 12.4. The second-order valence-corrected chi connectivity index (χ2v) is 8.09. The number of unbranched alkanes of at least 4 members (excludes halogenated alkanes) is 1. The van der Waals surface area contributed by atoms with Crippen molar-refractivity contribution >= 4 is 35.0 Å². The minimum Gasteiger partial charge on any atom is -0.354 e. The molecular formula is C23H28Cl2N2O2. The Hall–Kier alpha value is -2.04. The molecule has 0 saturated carbocycles. The van der Waals surface area contributed by atoms with Gasteiger partial charge >= 0.3 is 0 Å². The van der Waals surface area contributed by atoms with E-state index in [0.29, 0.717) is 28.7 Å². The summed E-state index contributed by atoms with van der Waals surface area (Å²) in [5.74, 6) is -0.310. The summed E-state index contributed by atoms with van der Waals surface area (Å²) in [6.07, 6.45) is 2.01. The number of hydrogen-bond acceptors (Lipinski definition) is 2. The van der Waals surface area contributed by atoms with Crippen molar-refractivity contribution in [1.29, 1.82) is 0 Å². The molecule has 156 valence electrons. The van der Waals surface area contributed by atoms with Crippen LogP contribution >= 0.6 is 23.2 Å². The molecule has 0 unspecified atom stereocenters. The average Bonchev–Trinajstić information content (AvgIpc) is 2.68. The number of carbonyl (C=O) groups excluding carboxylic acids is 2. The van der Waals surface area contributed by atoms with Gasteiger partial charge in [0.05, 0.1) is 6.42 Å². The molecule has 0 aliphatic carbocycles. The molecule has 29 heavy (non-hydrogen) atoms. The van der Waals surface area contributed by atoms with Gasteiger partial charge in [0.15, 0.2) is 0 Å². The first-order chi connectivity index (χ1) is 13.8. The van der Waals surface area contributed by atoms with E-state index in [9.17, 15) is 9.59 Å². The minimum absolute atomic E-state index is 0.106. The summed E-state index contributed by atoms with van der Waals surface area (Å²) in [7, 11) is 0. The zero-order valence-electron chi connectivity index (χ0n) is 17.2. The number of aryl methyl sites for hydroxylation is 1. The van der Waals surface area contributed by atoms with Gasteiger partial charge in [-0.2, -0.15) is 0 Å². The maximum atomic E-state index is 13.2. The van der Waals surface area contributed by atoms with Crippen molar-refractivity contribution < 1.29 is 9.59 Å². The molecule has 2 aromatic rings. The van der Waals surface area contributed by atoms with Crippen LogP contribution in [0.5, 0.6) is 0 Å². The Bertz CT molecular complexity index is 855. The summed E-state index contributed by atoms with van der Waals surface area (Å²) in [6.45, 7) is 6.80. The Balaban J connectivity index is 2.22. The lowest BCUT2D eigenvalue weighted by molar-refractivity contribution is -0.140. The van der Waals surface area contributed by atoms with Crippen LogP contribution < -0.4 is 5.32 Å². The number of amides is 2. The largest absolute Gasteiger partial charge is 0.354 e. The monoisotopic (exact) mass is 434 g/mol. The lowest BCUT2D eigenvalue weighted by Gasteiger charge is -2.29. The number of halogens is 2.